The third kappa shape index (κ3) is 2.51. The fraction of sp³-hybridized carbons (Fsp3) is 0.500. The van der Waals surface area contributed by atoms with Crippen LogP contribution in [-0.2, 0) is 4.84 Å². The number of oxime groups is 1. The molecule has 0 atom stereocenters. The van der Waals surface area contributed by atoms with Gasteiger partial charge in [0.15, 0.2) is 5.84 Å². The molecule has 2 heterocycles. The number of pyridine rings is 1. The largest absolute Gasteiger partial charge is 0.397 e. The summed E-state index contributed by atoms with van der Waals surface area (Å²) in [5, 5.41) is 4.10. The van der Waals surface area contributed by atoms with Crippen LogP contribution in [0.2, 0.25) is 0 Å². The Kier molecular flexibility index (Phi) is 3.75. The molecule has 0 bridgehead atoms. The topological polar surface area (TPSA) is 37.7 Å². The number of rotatable bonds is 2. The van der Waals surface area contributed by atoms with E-state index in [0.717, 1.165) is 24.6 Å². The van der Waals surface area contributed by atoms with Gasteiger partial charge in [-0.15, -0.1) is 0 Å². The van der Waals surface area contributed by atoms with Gasteiger partial charge >= 0.3 is 0 Å². The number of nitrogens with zero attached hydrogens (tertiary/aromatic N) is 3. The highest BCUT2D eigenvalue weighted by molar-refractivity contribution is 5.96. The molecule has 0 aromatic carbocycles. The van der Waals surface area contributed by atoms with E-state index in [2.05, 4.69) is 15.0 Å². The molecule has 0 saturated carbocycles. The van der Waals surface area contributed by atoms with E-state index < -0.39 is 0 Å². The van der Waals surface area contributed by atoms with E-state index >= 15 is 0 Å². The second-order valence-electron chi connectivity index (χ2n) is 3.86. The van der Waals surface area contributed by atoms with Gasteiger partial charge in [0, 0.05) is 19.3 Å². The van der Waals surface area contributed by atoms with Gasteiger partial charge < -0.3 is 9.74 Å². The van der Waals surface area contributed by atoms with E-state index in [4.69, 9.17) is 4.84 Å². The Balaban J connectivity index is 2.20. The molecule has 4 heteroatoms. The summed E-state index contributed by atoms with van der Waals surface area (Å²) < 4.78 is 0. The summed E-state index contributed by atoms with van der Waals surface area (Å²) in [7, 11) is 1.58. The minimum absolute atomic E-state index is 0.850. The highest BCUT2D eigenvalue weighted by Gasteiger charge is 2.17. The number of likely N-dealkylation sites (tertiary alicyclic amines) is 1. The second-order valence-corrected chi connectivity index (χ2v) is 3.86. The Morgan fingerprint density at radius 3 is 2.75 bits per heavy atom. The van der Waals surface area contributed by atoms with E-state index in [1.165, 1.54) is 19.3 Å². The zero-order chi connectivity index (χ0) is 11.2. The number of piperidine rings is 1. The van der Waals surface area contributed by atoms with Crippen molar-refractivity contribution in [1.29, 1.82) is 0 Å². The van der Waals surface area contributed by atoms with Crippen LogP contribution in [0.1, 0.15) is 25.0 Å². The van der Waals surface area contributed by atoms with Crippen LogP contribution in [0, 0.1) is 0 Å². The molecule has 0 N–H and O–H groups in total. The van der Waals surface area contributed by atoms with Crippen molar-refractivity contribution in [2.24, 2.45) is 5.16 Å². The average molecular weight is 219 g/mol. The first-order valence-electron chi connectivity index (χ1n) is 5.69. The highest BCUT2D eigenvalue weighted by Crippen LogP contribution is 2.12. The first kappa shape index (κ1) is 10.9. The first-order chi connectivity index (χ1) is 7.92. The molecule has 0 unspecified atom stereocenters. The van der Waals surface area contributed by atoms with Crippen LogP contribution >= 0.6 is 0 Å². The maximum absolute atomic E-state index is 4.92. The van der Waals surface area contributed by atoms with Gasteiger partial charge in [0.2, 0.25) is 0 Å². The lowest BCUT2D eigenvalue weighted by atomic mass is 10.1. The lowest BCUT2D eigenvalue weighted by Gasteiger charge is -2.28. The summed E-state index contributed by atoms with van der Waals surface area (Å²) in [6.07, 6.45) is 5.52. The van der Waals surface area contributed by atoms with E-state index in [0.29, 0.717) is 0 Å². The highest BCUT2D eigenvalue weighted by atomic mass is 16.6. The SMILES string of the molecule is CO/N=C(\c1ccccn1)N1CCCCC1. The van der Waals surface area contributed by atoms with Crippen molar-refractivity contribution in [2.75, 3.05) is 20.2 Å². The summed E-state index contributed by atoms with van der Waals surface area (Å²) in [4.78, 5) is 11.5. The minimum atomic E-state index is 0.850. The van der Waals surface area contributed by atoms with Crippen LogP contribution in [0.3, 0.4) is 0 Å². The third-order valence-corrected chi connectivity index (χ3v) is 2.73. The van der Waals surface area contributed by atoms with Crippen molar-refractivity contribution in [2.45, 2.75) is 19.3 Å². The number of hydrogen-bond acceptors (Lipinski definition) is 3. The fourth-order valence-electron chi connectivity index (χ4n) is 1.95. The molecule has 0 spiro atoms. The average Bonchev–Trinajstić information content (AvgIpc) is 2.38. The molecule has 16 heavy (non-hydrogen) atoms. The molecule has 86 valence electrons. The number of hydrogen-bond donors (Lipinski definition) is 0. The van der Waals surface area contributed by atoms with E-state index in [9.17, 15) is 0 Å². The Labute approximate surface area is 95.9 Å². The summed E-state index contributed by atoms with van der Waals surface area (Å²) in [5.41, 5.74) is 0.881. The quantitative estimate of drug-likeness (QED) is 0.433. The zero-order valence-corrected chi connectivity index (χ0v) is 9.59. The third-order valence-electron chi connectivity index (χ3n) is 2.73. The van der Waals surface area contributed by atoms with Crippen molar-refractivity contribution in [3.8, 4) is 0 Å². The maximum Gasteiger partial charge on any atom is 0.194 e. The number of amidine groups is 1. The van der Waals surface area contributed by atoms with E-state index in [-0.39, 0.29) is 0 Å². The molecule has 1 aliphatic heterocycles. The predicted octanol–water partition coefficient (Wildman–Crippen LogP) is 1.88. The van der Waals surface area contributed by atoms with Crippen LogP contribution in [-0.4, -0.2) is 35.9 Å². The van der Waals surface area contributed by atoms with Gasteiger partial charge in [0.25, 0.3) is 0 Å². The summed E-state index contributed by atoms with van der Waals surface area (Å²) >= 11 is 0. The Hall–Kier alpha value is -1.58. The minimum Gasteiger partial charge on any atom is -0.397 e. The lowest BCUT2D eigenvalue weighted by Crippen LogP contribution is -2.36. The normalized spacial score (nSPS) is 17.3. The van der Waals surface area contributed by atoms with Gasteiger partial charge in [-0.25, -0.2) is 0 Å². The molecule has 1 aliphatic rings. The van der Waals surface area contributed by atoms with Gasteiger partial charge in [-0.3, -0.25) is 4.98 Å². The van der Waals surface area contributed by atoms with E-state index in [1.54, 1.807) is 13.3 Å². The molecule has 0 radical (unpaired) electrons. The molecule has 0 amide bonds. The van der Waals surface area contributed by atoms with Gasteiger partial charge in [0.1, 0.15) is 12.8 Å². The van der Waals surface area contributed by atoms with Crippen molar-refractivity contribution in [3.63, 3.8) is 0 Å². The van der Waals surface area contributed by atoms with Crippen molar-refractivity contribution in [3.05, 3.63) is 30.1 Å². The van der Waals surface area contributed by atoms with Gasteiger partial charge in [-0.2, -0.15) is 0 Å². The molecule has 2 rings (SSSR count). The van der Waals surface area contributed by atoms with Crippen molar-refractivity contribution >= 4 is 5.84 Å². The van der Waals surface area contributed by atoms with Crippen LogP contribution in [0.15, 0.2) is 29.6 Å². The van der Waals surface area contributed by atoms with Crippen LogP contribution in [0.5, 0.6) is 0 Å². The summed E-state index contributed by atoms with van der Waals surface area (Å²) in [6.45, 7) is 2.08. The number of aromatic nitrogens is 1. The van der Waals surface area contributed by atoms with Crippen LogP contribution in [0.25, 0.3) is 0 Å². The molecule has 1 saturated heterocycles. The zero-order valence-electron chi connectivity index (χ0n) is 9.59. The maximum atomic E-state index is 4.92. The van der Waals surface area contributed by atoms with Crippen LogP contribution < -0.4 is 0 Å². The molecule has 1 aromatic heterocycles. The van der Waals surface area contributed by atoms with E-state index in [1.807, 2.05) is 18.2 Å². The predicted molar refractivity (Wildman–Crippen MR) is 63.2 cm³/mol. The summed E-state index contributed by atoms with van der Waals surface area (Å²) in [5.74, 6) is 0.850. The molecular weight excluding hydrogens is 202 g/mol. The summed E-state index contributed by atoms with van der Waals surface area (Å²) in [6, 6.07) is 5.84. The molecular formula is C12H17N3O. The second kappa shape index (κ2) is 5.49. The van der Waals surface area contributed by atoms with Crippen molar-refractivity contribution in [1.82, 2.24) is 9.88 Å². The Bertz CT molecular complexity index is 345. The van der Waals surface area contributed by atoms with Crippen LogP contribution in [0.4, 0.5) is 0 Å². The van der Waals surface area contributed by atoms with Gasteiger partial charge in [-0.05, 0) is 31.4 Å². The molecule has 1 aromatic rings. The fourth-order valence-corrected chi connectivity index (χ4v) is 1.95. The smallest absolute Gasteiger partial charge is 0.194 e. The lowest BCUT2D eigenvalue weighted by molar-refractivity contribution is 0.202. The standard InChI is InChI=1S/C12H17N3O/c1-16-14-12(11-7-3-4-8-13-11)15-9-5-2-6-10-15/h3-4,7-8H,2,5-6,9-10H2,1H3/b14-12+. The first-order valence-corrected chi connectivity index (χ1v) is 5.69. The Morgan fingerprint density at radius 1 is 1.31 bits per heavy atom. The Morgan fingerprint density at radius 2 is 2.12 bits per heavy atom. The van der Waals surface area contributed by atoms with Gasteiger partial charge in [0.05, 0.1) is 0 Å². The molecule has 1 fully saturated rings. The van der Waals surface area contributed by atoms with Gasteiger partial charge in [-0.1, -0.05) is 11.2 Å². The monoisotopic (exact) mass is 219 g/mol. The molecule has 0 aliphatic carbocycles. The van der Waals surface area contributed by atoms with Crippen molar-refractivity contribution < 1.29 is 4.84 Å². The molecule has 4 nitrogen and oxygen atoms in total.